The molecule has 0 unspecified atom stereocenters. The minimum atomic E-state index is 0.657. The first-order valence-electron chi connectivity index (χ1n) is 18.8. The summed E-state index contributed by atoms with van der Waals surface area (Å²) in [4.78, 5) is 19.5. The van der Waals surface area contributed by atoms with Crippen LogP contribution in [0.2, 0.25) is 0 Å². The summed E-state index contributed by atoms with van der Waals surface area (Å²) < 4.78 is 0. The zero-order valence-corrected chi connectivity index (χ0v) is 30.3. The number of aromatic nitrogens is 4. The van der Waals surface area contributed by atoms with E-state index in [9.17, 15) is 0 Å². The van der Waals surface area contributed by atoms with Crippen molar-refractivity contribution in [2.75, 3.05) is 0 Å². The Morgan fingerprint density at radius 2 is 0.929 bits per heavy atom. The molecule has 11 aromatic rings. The van der Waals surface area contributed by atoms with Crippen LogP contribution in [0.3, 0.4) is 0 Å². The van der Waals surface area contributed by atoms with Gasteiger partial charge in [-0.3, -0.25) is 9.97 Å². The summed E-state index contributed by atoms with van der Waals surface area (Å²) in [6.07, 6.45) is 7.51. The van der Waals surface area contributed by atoms with E-state index < -0.39 is 0 Å². The molecule has 3 aromatic heterocycles. The molecule has 0 spiro atoms. The zero-order valence-electron chi connectivity index (χ0n) is 30.3. The van der Waals surface area contributed by atoms with Crippen LogP contribution in [-0.4, -0.2) is 19.9 Å². The van der Waals surface area contributed by atoms with E-state index >= 15 is 0 Å². The van der Waals surface area contributed by atoms with Crippen molar-refractivity contribution in [2.24, 2.45) is 0 Å². The Labute approximate surface area is 323 Å². The Morgan fingerprint density at radius 1 is 0.304 bits per heavy atom. The molecular weight excluding hydrogens is 681 g/mol. The highest BCUT2D eigenvalue weighted by atomic mass is 14.9. The molecule has 0 fully saturated rings. The topological polar surface area (TPSA) is 51.6 Å². The molecule has 0 radical (unpaired) electrons. The first kappa shape index (κ1) is 31.9. The van der Waals surface area contributed by atoms with Gasteiger partial charge in [0.25, 0.3) is 0 Å². The van der Waals surface area contributed by atoms with Crippen LogP contribution in [0.1, 0.15) is 0 Å². The van der Waals surface area contributed by atoms with Crippen LogP contribution in [0.25, 0.3) is 110 Å². The Hall–Kier alpha value is -7.56. The molecule has 3 heterocycles. The maximum absolute atomic E-state index is 5.27. The smallest absolute Gasteiger partial charge is 0.160 e. The lowest BCUT2D eigenvalue weighted by molar-refractivity contribution is 1.18. The third-order valence-electron chi connectivity index (χ3n) is 11.0. The van der Waals surface area contributed by atoms with Gasteiger partial charge in [0.15, 0.2) is 5.82 Å². The maximum atomic E-state index is 5.27. The maximum Gasteiger partial charge on any atom is 0.160 e. The second-order valence-corrected chi connectivity index (χ2v) is 14.3. The molecule has 11 rings (SSSR count). The van der Waals surface area contributed by atoms with Crippen molar-refractivity contribution in [3.05, 3.63) is 195 Å². The van der Waals surface area contributed by atoms with Crippen LogP contribution in [0.4, 0.5) is 0 Å². The van der Waals surface area contributed by atoms with E-state index in [0.717, 1.165) is 55.5 Å². The number of pyridine rings is 2. The predicted octanol–water partition coefficient (Wildman–Crippen LogP) is 13.3. The van der Waals surface area contributed by atoms with Gasteiger partial charge in [0.2, 0.25) is 0 Å². The molecule has 0 aliphatic carbocycles. The summed E-state index contributed by atoms with van der Waals surface area (Å²) in [5.74, 6) is 0.657. The fourth-order valence-electron chi connectivity index (χ4n) is 8.32. The average Bonchev–Trinajstić information content (AvgIpc) is 3.28. The molecule has 0 aliphatic rings. The van der Waals surface area contributed by atoms with Gasteiger partial charge in [0.05, 0.1) is 11.4 Å². The highest BCUT2D eigenvalue weighted by Gasteiger charge is 2.17. The number of benzene rings is 8. The fourth-order valence-corrected chi connectivity index (χ4v) is 8.32. The predicted molar refractivity (Wildman–Crippen MR) is 231 cm³/mol. The third kappa shape index (κ3) is 5.39. The Bertz CT molecular complexity index is 3240. The molecule has 56 heavy (non-hydrogen) atoms. The molecule has 0 saturated carbocycles. The second-order valence-electron chi connectivity index (χ2n) is 14.3. The average molecular weight is 713 g/mol. The van der Waals surface area contributed by atoms with Crippen LogP contribution in [0, 0.1) is 0 Å². The second kappa shape index (κ2) is 13.1. The summed E-state index contributed by atoms with van der Waals surface area (Å²) in [5, 5.41) is 9.74. The number of fused-ring (bicyclic) bond motifs is 1. The minimum Gasteiger partial charge on any atom is -0.264 e. The van der Waals surface area contributed by atoms with E-state index in [-0.39, 0.29) is 0 Å². The van der Waals surface area contributed by atoms with Crippen molar-refractivity contribution in [1.29, 1.82) is 0 Å². The van der Waals surface area contributed by atoms with Gasteiger partial charge in [-0.05, 0) is 89.8 Å². The highest BCUT2D eigenvalue weighted by molar-refractivity contribution is 6.27. The van der Waals surface area contributed by atoms with E-state index in [4.69, 9.17) is 9.97 Å². The van der Waals surface area contributed by atoms with E-state index in [1.165, 1.54) is 49.0 Å². The SMILES string of the molecule is c1ccc(-c2ccc3ccc4c(-c5cccc(-c6nc(-c7cccc(-c8cccnc8)c7)cc(-c7cncc8ccccc78)n6)c5)ccc5ccc2c3c54)cc1. The molecule has 0 amide bonds. The lowest BCUT2D eigenvalue weighted by atomic mass is 9.87. The van der Waals surface area contributed by atoms with Crippen molar-refractivity contribution in [3.63, 3.8) is 0 Å². The normalized spacial score (nSPS) is 11.6. The Balaban J connectivity index is 1.09. The molecular formula is C52H32N4. The van der Waals surface area contributed by atoms with Crippen molar-refractivity contribution >= 4 is 43.1 Å². The summed E-state index contributed by atoms with van der Waals surface area (Å²) >= 11 is 0. The van der Waals surface area contributed by atoms with Gasteiger partial charge in [-0.2, -0.15) is 0 Å². The Morgan fingerprint density at radius 3 is 1.71 bits per heavy atom. The van der Waals surface area contributed by atoms with Crippen LogP contribution in [0.5, 0.6) is 0 Å². The van der Waals surface area contributed by atoms with Gasteiger partial charge in [0, 0.05) is 52.4 Å². The van der Waals surface area contributed by atoms with Crippen molar-refractivity contribution in [3.8, 4) is 67.3 Å². The van der Waals surface area contributed by atoms with Crippen LogP contribution < -0.4 is 0 Å². The molecule has 8 aromatic carbocycles. The third-order valence-corrected chi connectivity index (χ3v) is 11.0. The van der Waals surface area contributed by atoms with Crippen molar-refractivity contribution in [1.82, 2.24) is 19.9 Å². The number of nitrogens with zero attached hydrogens (tertiary/aromatic N) is 4. The van der Waals surface area contributed by atoms with Gasteiger partial charge < -0.3 is 0 Å². The fraction of sp³-hybridized carbons (Fsp3) is 0. The summed E-state index contributed by atoms with van der Waals surface area (Å²) in [6.45, 7) is 0. The molecule has 0 N–H and O–H groups in total. The summed E-state index contributed by atoms with van der Waals surface area (Å²) in [5.41, 5.74) is 11.5. The molecule has 4 nitrogen and oxygen atoms in total. The van der Waals surface area contributed by atoms with Gasteiger partial charge in [0.1, 0.15) is 0 Å². The highest BCUT2D eigenvalue weighted by Crippen LogP contribution is 2.43. The standard InChI is InChI=1S/C52H32N4/c1-2-9-33(10-3-1)43-22-18-34-21-25-46-44(23-19-35-20-24-45(43)50(34)51(35)46)37-13-7-15-39(28-37)52-55-48(38-14-6-12-36(27-38)40-16-8-26-53-30-40)29-49(56-52)47-32-54-31-41-11-4-5-17-42(41)47/h1-32H. The van der Waals surface area contributed by atoms with Gasteiger partial charge in [-0.15, -0.1) is 0 Å². The Kier molecular flexibility index (Phi) is 7.46. The molecule has 0 saturated heterocycles. The minimum absolute atomic E-state index is 0.657. The first-order chi connectivity index (χ1) is 27.7. The van der Waals surface area contributed by atoms with E-state index in [0.29, 0.717) is 5.82 Å². The largest absolute Gasteiger partial charge is 0.264 e. The quantitative estimate of drug-likeness (QED) is 0.161. The number of rotatable bonds is 6. The van der Waals surface area contributed by atoms with Gasteiger partial charge >= 0.3 is 0 Å². The molecule has 0 atom stereocenters. The van der Waals surface area contributed by atoms with Gasteiger partial charge in [-0.1, -0.05) is 146 Å². The monoisotopic (exact) mass is 712 g/mol. The molecule has 0 bridgehead atoms. The van der Waals surface area contributed by atoms with E-state index in [2.05, 4.69) is 168 Å². The van der Waals surface area contributed by atoms with Crippen LogP contribution in [-0.2, 0) is 0 Å². The molecule has 0 aliphatic heterocycles. The van der Waals surface area contributed by atoms with E-state index in [1.807, 2.05) is 30.7 Å². The van der Waals surface area contributed by atoms with Crippen molar-refractivity contribution in [2.45, 2.75) is 0 Å². The zero-order chi connectivity index (χ0) is 37.0. The number of hydrogen-bond acceptors (Lipinski definition) is 4. The lowest BCUT2D eigenvalue weighted by Gasteiger charge is -2.17. The van der Waals surface area contributed by atoms with Gasteiger partial charge in [-0.25, -0.2) is 9.97 Å². The lowest BCUT2D eigenvalue weighted by Crippen LogP contribution is -1.97. The summed E-state index contributed by atoms with van der Waals surface area (Å²) in [7, 11) is 0. The summed E-state index contributed by atoms with van der Waals surface area (Å²) in [6, 6.07) is 60.4. The van der Waals surface area contributed by atoms with Crippen LogP contribution in [0.15, 0.2) is 195 Å². The number of hydrogen-bond donors (Lipinski definition) is 0. The molecule has 4 heteroatoms. The van der Waals surface area contributed by atoms with Crippen LogP contribution >= 0.6 is 0 Å². The molecule has 260 valence electrons. The first-order valence-corrected chi connectivity index (χ1v) is 18.8. The van der Waals surface area contributed by atoms with E-state index in [1.54, 1.807) is 6.20 Å². The van der Waals surface area contributed by atoms with Crippen molar-refractivity contribution < 1.29 is 0 Å².